The van der Waals surface area contributed by atoms with Crippen molar-refractivity contribution in [3.8, 4) is 51.0 Å². The van der Waals surface area contributed by atoms with Crippen LogP contribution in [0, 0.1) is 0 Å². The first-order valence-electron chi connectivity index (χ1n) is 20.9. The molecule has 0 radical (unpaired) electrons. The van der Waals surface area contributed by atoms with Crippen molar-refractivity contribution in [2.75, 3.05) is 0 Å². The molecule has 62 heavy (non-hydrogen) atoms. The molecule has 0 atom stereocenters. The van der Waals surface area contributed by atoms with Crippen molar-refractivity contribution >= 4 is 65.6 Å². The largest absolute Gasteiger partial charge is 0.455 e. The van der Waals surface area contributed by atoms with E-state index in [0.717, 1.165) is 111 Å². The number of hydrogen-bond donors (Lipinski definition) is 0. The van der Waals surface area contributed by atoms with Gasteiger partial charge in [0.05, 0.1) is 44.5 Å². The Bertz CT molecular complexity index is 3810. The molecule has 4 aromatic heterocycles. The Balaban J connectivity index is 1.10. The maximum absolute atomic E-state index is 6.68. The van der Waals surface area contributed by atoms with Gasteiger partial charge in [0.2, 0.25) is 0 Å². The summed E-state index contributed by atoms with van der Waals surface area (Å²) in [7, 11) is 0. The summed E-state index contributed by atoms with van der Waals surface area (Å²) in [5, 5.41) is 16.6. The highest BCUT2D eigenvalue weighted by Crippen LogP contribution is 2.45. The summed E-state index contributed by atoms with van der Waals surface area (Å²) in [6.45, 7) is 0. The molecule has 6 heteroatoms. The maximum Gasteiger partial charge on any atom is 0.168 e. The quantitative estimate of drug-likeness (QED) is 0.168. The van der Waals surface area contributed by atoms with Gasteiger partial charge in [-0.25, -0.2) is 0 Å². The second kappa shape index (κ2) is 13.5. The Hall–Kier alpha value is -8.48. The van der Waals surface area contributed by atoms with Gasteiger partial charge >= 0.3 is 0 Å². The van der Waals surface area contributed by atoms with E-state index in [9.17, 15) is 0 Å². The molecule has 0 aliphatic carbocycles. The molecule has 13 aromatic rings. The Morgan fingerprint density at radius 3 is 1.53 bits per heavy atom. The van der Waals surface area contributed by atoms with Crippen LogP contribution in [0.15, 0.2) is 217 Å². The smallest absolute Gasteiger partial charge is 0.168 e. The van der Waals surface area contributed by atoms with Crippen molar-refractivity contribution in [1.29, 1.82) is 0 Å². The van der Waals surface area contributed by atoms with E-state index in [1.807, 2.05) is 18.2 Å². The van der Waals surface area contributed by atoms with Gasteiger partial charge in [0.15, 0.2) is 11.6 Å². The number of rotatable bonds is 6. The molecule has 0 saturated heterocycles. The van der Waals surface area contributed by atoms with Crippen molar-refractivity contribution in [2.24, 2.45) is 0 Å². The van der Waals surface area contributed by atoms with E-state index in [1.165, 1.54) is 5.39 Å². The minimum absolute atomic E-state index is 0.775. The molecule has 0 aliphatic rings. The van der Waals surface area contributed by atoms with Crippen LogP contribution < -0.4 is 0 Å². The molecule has 0 N–H and O–H groups in total. The summed E-state index contributed by atoms with van der Waals surface area (Å²) in [5.74, 6) is 1.55. The van der Waals surface area contributed by atoms with E-state index in [1.54, 1.807) is 0 Å². The summed E-state index contributed by atoms with van der Waals surface area (Å²) in [6, 6.07) is 75.1. The van der Waals surface area contributed by atoms with Gasteiger partial charge in [0, 0.05) is 49.2 Å². The van der Waals surface area contributed by atoms with Crippen LogP contribution in [-0.2, 0) is 0 Å². The average Bonchev–Trinajstić information content (AvgIpc) is 4.12. The number of nitrogens with zero attached hydrogens (tertiary/aromatic N) is 5. The van der Waals surface area contributed by atoms with E-state index >= 15 is 0 Å². The van der Waals surface area contributed by atoms with Crippen LogP contribution in [0.1, 0.15) is 0 Å². The van der Waals surface area contributed by atoms with Gasteiger partial charge < -0.3 is 13.6 Å². The fourth-order valence-electron chi connectivity index (χ4n) is 9.78. The maximum atomic E-state index is 6.68. The fraction of sp³-hybridized carbons (Fsp3) is 0. The minimum Gasteiger partial charge on any atom is -0.455 e. The number of fused-ring (bicyclic) bond motifs is 10. The third kappa shape index (κ3) is 4.98. The molecule has 0 unspecified atom stereocenters. The Labute approximate surface area is 355 Å². The van der Waals surface area contributed by atoms with Crippen LogP contribution in [0.3, 0.4) is 0 Å². The fourth-order valence-corrected chi connectivity index (χ4v) is 9.78. The number of benzene rings is 9. The van der Waals surface area contributed by atoms with Gasteiger partial charge in [-0.05, 0) is 48.5 Å². The van der Waals surface area contributed by atoms with Crippen molar-refractivity contribution in [3.63, 3.8) is 0 Å². The molecule has 4 heterocycles. The monoisotopic (exact) mass is 793 g/mol. The average molecular weight is 794 g/mol. The standard InChI is InChI=1S/C56H35N5O/c1-3-18-36(19-4-1)55-57-58-56(37-20-5-2-6-21-37)61(55)50-32-17-27-42-40-24-9-14-30-47(40)60(53(42)50)46-29-13-8-23-39(46)38-22-7-12-28-45(38)59-48-31-15-10-26-44(48)52-49(59)35-34-43-41-25-11-16-33-51(41)62-54(43)52/h1-35H. The molecule has 0 bridgehead atoms. The lowest BCUT2D eigenvalue weighted by atomic mass is 10.0. The molecule has 13 rings (SSSR count). The zero-order valence-corrected chi connectivity index (χ0v) is 33.4. The topological polar surface area (TPSA) is 53.7 Å². The predicted octanol–water partition coefficient (Wildman–Crippen LogP) is 14.4. The van der Waals surface area contributed by atoms with E-state index in [-0.39, 0.29) is 0 Å². The second-order valence-electron chi connectivity index (χ2n) is 15.8. The predicted molar refractivity (Wildman–Crippen MR) is 254 cm³/mol. The molecular weight excluding hydrogens is 759 g/mol. The lowest BCUT2D eigenvalue weighted by Gasteiger charge is -2.20. The first-order valence-corrected chi connectivity index (χ1v) is 20.9. The molecule has 290 valence electrons. The molecule has 0 aliphatic heterocycles. The zero-order chi connectivity index (χ0) is 40.7. The number of hydrogen-bond acceptors (Lipinski definition) is 3. The normalized spacial score (nSPS) is 11.9. The summed E-state index contributed by atoms with van der Waals surface area (Å²) in [5.41, 5.74) is 13.5. The van der Waals surface area contributed by atoms with E-state index in [4.69, 9.17) is 14.6 Å². The number of aromatic nitrogens is 5. The van der Waals surface area contributed by atoms with Crippen molar-refractivity contribution < 1.29 is 4.42 Å². The lowest BCUT2D eigenvalue weighted by molar-refractivity contribution is 0.673. The first kappa shape index (κ1) is 34.4. The Kier molecular flexibility index (Phi) is 7.50. The highest BCUT2D eigenvalue weighted by Gasteiger charge is 2.25. The molecule has 0 saturated carbocycles. The van der Waals surface area contributed by atoms with Crippen molar-refractivity contribution in [2.45, 2.75) is 0 Å². The summed E-state index contributed by atoms with van der Waals surface area (Å²) in [4.78, 5) is 0. The highest BCUT2D eigenvalue weighted by atomic mass is 16.3. The van der Waals surface area contributed by atoms with Gasteiger partial charge in [-0.15, -0.1) is 10.2 Å². The van der Waals surface area contributed by atoms with Gasteiger partial charge in [0.1, 0.15) is 11.2 Å². The number of furan rings is 1. The van der Waals surface area contributed by atoms with Crippen LogP contribution in [0.2, 0.25) is 0 Å². The van der Waals surface area contributed by atoms with Crippen molar-refractivity contribution in [1.82, 2.24) is 23.9 Å². The molecular formula is C56H35N5O. The first-order chi connectivity index (χ1) is 30.8. The van der Waals surface area contributed by atoms with Crippen LogP contribution in [0.4, 0.5) is 0 Å². The van der Waals surface area contributed by atoms with Crippen molar-refractivity contribution in [3.05, 3.63) is 212 Å². The van der Waals surface area contributed by atoms with Gasteiger partial charge in [0.25, 0.3) is 0 Å². The zero-order valence-electron chi connectivity index (χ0n) is 33.4. The van der Waals surface area contributed by atoms with E-state index in [0.29, 0.717) is 0 Å². The van der Waals surface area contributed by atoms with Gasteiger partial charge in [-0.1, -0.05) is 164 Å². The van der Waals surface area contributed by atoms with Gasteiger partial charge in [-0.2, -0.15) is 0 Å². The van der Waals surface area contributed by atoms with E-state index in [2.05, 4.69) is 208 Å². The SMILES string of the molecule is c1ccc(-c2nnc(-c3ccccc3)n2-c2cccc3c4ccccc4n(-c4ccccc4-c4ccccc4-n4c5ccccc5c5c6oc7ccccc7c6ccc54)c23)cc1. The molecule has 0 fully saturated rings. The second-order valence-corrected chi connectivity index (χ2v) is 15.8. The molecule has 0 amide bonds. The van der Waals surface area contributed by atoms with Crippen LogP contribution in [0.25, 0.3) is 117 Å². The number of para-hydroxylation sites is 6. The molecule has 9 aromatic carbocycles. The Morgan fingerprint density at radius 1 is 0.323 bits per heavy atom. The highest BCUT2D eigenvalue weighted by molar-refractivity contribution is 6.24. The van der Waals surface area contributed by atoms with E-state index < -0.39 is 0 Å². The molecule has 6 nitrogen and oxygen atoms in total. The molecule has 0 spiro atoms. The summed E-state index contributed by atoms with van der Waals surface area (Å²) < 4.78 is 13.8. The van der Waals surface area contributed by atoms with Crippen LogP contribution in [0.5, 0.6) is 0 Å². The lowest BCUT2D eigenvalue weighted by Crippen LogP contribution is -2.05. The van der Waals surface area contributed by atoms with Gasteiger partial charge in [-0.3, -0.25) is 4.57 Å². The summed E-state index contributed by atoms with van der Waals surface area (Å²) >= 11 is 0. The van der Waals surface area contributed by atoms with Crippen LogP contribution in [-0.4, -0.2) is 23.9 Å². The third-order valence-corrected chi connectivity index (χ3v) is 12.4. The minimum atomic E-state index is 0.775. The Morgan fingerprint density at radius 2 is 0.839 bits per heavy atom. The summed E-state index contributed by atoms with van der Waals surface area (Å²) in [6.07, 6.45) is 0. The third-order valence-electron chi connectivity index (χ3n) is 12.4. The van der Waals surface area contributed by atoms with Crippen LogP contribution >= 0.6 is 0 Å².